The number of halogens is 1. The van der Waals surface area contributed by atoms with Gasteiger partial charge in [-0.3, -0.25) is 9.59 Å². The summed E-state index contributed by atoms with van der Waals surface area (Å²) in [5.74, 6) is -1.64. The van der Waals surface area contributed by atoms with Crippen molar-refractivity contribution in [3.05, 3.63) is 71.5 Å². The van der Waals surface area contributed by atoms with Crippen molar-refractivity contribution in [1.29, 1.82) is 0 Å². The third kappa shape index (κ3) is 4.89. The highest BCUT2D eigenvalue weighted by molar-refractivity contribution is 5.97. The molecule has 0 saturated heterocycles. The SMILES string of the molecule is CC(NC(=O)C(NC(=O)c1ccccc1F)C(C)C)c1ccccc1. The first-order valence-electron chi connectivity index (χ1n) is 8.31. The quantitative estimate of drug-likeness (QED) is 0.845. The topological polar surface area (TPSA) is 58.2 Å². The van der Waals surface area contributed by atoms with Gasteiger partial charge in [-0.15, -0.1) is 0 Å². The molecule has 25 heavy (non-hydrogen) atoms. The van der Waals surface area contributed by atoms with Crippen molar-refractivity contribution in [2.45, 2.75) is 32.9 Å². The molecule has 2 rings (SSSR count). The van der Waals surface area contributed by atoms with E-state index >= 15 is 0 Å². The molecule has 0 radical (unpaired) electrons. The summed E-state index contributed by atoms with van der Waals surface area (Å²) in [6, 6.07) is 14.3. The summed E-state index contributed by atoms with van der Waals surface area (Å²) in [6.07, 6.45) is 0. The van der Waals surface area contributed by atoms with Crippen molar-refractivity contribution in [3.63, 3.8) is 0 Å². The summed E-state index contributed by atoms with van der Waals surface area (Å²) in [6.45, 7) is 5.54. The second-order valence-electron chi connectivity index (χ2n) is 6.32. The van der Waals surface area contributed by atoms with E-state index in [-0.39, 0.29) is 23.4 Å². The summed E-state index contributed by atoms with van der Waals surface area (Å²) < 4.78 is 13.8. The molecule has 0 spiro atoms. The molecular formula is C20H23FN2O2. The zero-order valence-corrected chi connectivity index (χ0v) is 14.6. The van der Waals surface area contributed by atoms with Gasteiger partial charge in [0, 0.05) is 0 Å². The molecule has 5 heteroatoms. The van der Waals surface area contributed by atoms with Crippen LogP contribution in [-0.4, -0.2) is 17.9 Å². The zero-order chi connectivity index (χ0) is 18.4. The van der Waals surface area contributed by atoms with Crippen LogP contribution >= 0.6 is 0 Å². The average molecular weight is 342 g/mol. The Morgan fingerprint density at radius 2 is 1.48 bits per heavy atom. The highest BCUT2D eigenvalue weighted by atomic mass is 19.1. The molecule has 2 atom stereocenters. The standard InChI is InChI=1S/C20H23FN2O2/c1-13(2)18(23-19(24)16-11-7-8-12-17(16)21)20(25)22-14(3)15-9-5-4-6-10-15/h4-14,18H,1-3H3,(H,22,25)(H,23,24). The van der Waals surface area contributed by atoms with E-state index in [4.69, 9.17) is 0 Å². The largest absolute Gasteiger partial charge is 0.348 e. The lowest BCUT2D eigenvalue weighted by Crippen LogP contribution is -2.50. The van der Waals surface area contributed by atoms with Crippen LogP contribution in [-0.2, 0) is 4.79 Å². The fourth-order valence-electron chi connectivity index (χ4n) is 2.53. The fraction of sp³-hybridized carbons (Fsp3) is 0.300. The Hall–Kier alpha value is -2.69. The summed E-state index contributed by atoms with van der Waals surface area (Å²) >= 11 is 0. The van der Waals surface area contributed by atoms with Crippen LogP contribution in [0.4, 0.5) is 4.39 Å². The van der Waals surface area contributed by atoms with Gasteiger partial charge < -0.3 is 10.6 Å². The molecule has 0 saturated carbocycles. The minimum atomic E-state index is -0.752. The number of amides is 2. The Labute approximate surface area is 147 Å². The van der Waals surface area contributed by atoms with Crippen LogP contribution in [0.5, 0.6) is 0 Å². The van der Waals surface area contributed by atoms with Crippen molar-refractivity contribution in [3.8, 4) is 0 Å². The van der Waals surface area contributed by atoms with Gasteiger partial charge in [0.1, 0.15) is 11.9 Å². The van der Waals surface area contributed by atoms with Gasteiger partial charge in [-0.05, 0) is 30.5 Å². The zero-order valence-electron chi connectivity index (χ0n) is 14.6. The minimum absolute atomic E-state index is 0.0722. The normalized spacial score (nSPS) is 13.2. The van der Waals surface area contributed by atoms with Crippen molar-refractivity contribution in [1.82, 2.24) is 10.6 Å². The molecule has 2 N–H and O–H groups in total. The number of hydrogen-bond acceptors (Lipinski definition) is 2. The van der Waals surface area contributed by atoms with E-state index in [0.717, 1.165) is 5.56 Å². The number of rotatable bonds is 6. The van der Waals surface area contributed by atoms with Crippen LogP contribution < -0.4 is 10.6 Å². The number of benzene rings is 2. The molecule has 132 valence electrons. The Morgan fingerprint density at radius 3 is 2.08 bits per heavy atom. The van der Waals surface area contributed by atoms with E-state index in [1.165, 1.54) is 18.2 Å². The lowest BCUT2D eigenvalue weighted by Gasteiger charge is -2.24. The molecule has 2 amide bonds. The Kier molecular flexibility index (Phi) is 6.28. The Balaban J connectivity index is 2.08. The van der Waals surface area contributed by atoms with Gasteiger partial charge in [0.05, 0.1) is 11.6 Å². The van der Waals surface area contributed by atoms with Crippen molar-refractivity contribution >= 4 is 11.8 Å². The highest BCUT2D eigenvalue weighted by Gasteiger charge is 2.26. The number of carbonyl (C=O) groups is 2. The molecule has 0 heterocycles. The van der Waals surface area contributed by atoms with E-state index in [2.05, 4.69) is 10.6 Å². The molecule has 4 nitrogen and oxygen atoms in total. The predicted molar refractivity (Wildman–Crippen MR) is 95.5 cm³/mol. The van der Waals surface area contributed by atoms with Crippen LogP contribution in [0.25, 0.3) is 0 Å². The Bertz CT molecular complexity index is 731. The fourth-order valence-corrected chi connectivity index (χ4v) is 2.53. The maximum absolute atomic E-state index is 13.8. The molecule has 2 aromatic carbocycles. The van der Waals surface area contributed by atoms with Gasteiger partial charge in [-0.2, -0.15) is 0 Å². The van der Waals surface area contributed by atoms with Gasteiger partial charge in [-0.1, -0.05) is 56.3 Å². The van der Waals surface area contributed by atoms with Crippen LogP contribution in [0.15, 0.2) is 54.6 Å². The number of hydrogen-bond donors (Lipinski definition) is 2. The second kappa shape index (κ2) is 8.42. The highest BCUT2D eigenvalue weighted by Crippen LogP contribution is 2.13. The first-order chi connectivity index (χ1) is 11.9. The molecule has 0 aliphatic carbocycles. The van der Waals surface area contributed by atoms with E-state index in [9.17, 15) is 14.0 Å². The van der Waals surface area contributed by atoms with E-state index in [0.29, 0.717) is 0 Å². The van der Waals surface area contributed by atoms with Gasteiger partial charge in [0.25, 0.3) is 5.91 Å². The molecule has 2 unspecified atom stereocenters. The summed E-state index contributed by atoms with van der Waals surface area (Å²) in [7, 11) is 0. The van der Waals surface area contributed by atoms with E-state index in [1.54, 1.807) is 6.07 Å². The lowest BCUT2D eigenvalue weighted by atomic mass is 10.0. The summed E-state index contributed by atoms with van der Waals surface area (Å²) in [4.78, 5) is 24.9. The van der Waals surface area contributed by atoms with Crippen LogP contribution in [0, 0.1) is 11.7 Å². The average Bonchev–Trinajstić information content (AvgIpc) is 2.60. The lowest BCUT2D eigenvalue weighted by molar-refractivity contribution is -0.124. The van der Waals surface area contributed by atoms with Crippen LogP contribution in [0.2, 0.25) is 0 Å². The molecule has 0 aliphatic heterocycles. The van der Waals surface area contributed by atoms with Crippen molar-refractivity contribution in [2.75, 3.05) is 0 Å². The molecule has 0 aliphatic rings. The van der Waals surface area contributed by atoms with E-state index in [1.807, 2.05) is 51.1 Å². The van der Waals surface area contributed by atoms with E-state index < -0.39 is 17.8 Å². The minimum Gasteiger partial charge on any atom is -0.348 e. The summed E-state index contributed by atoms with van der Waals surface area (Å²) in [5.41, 5.74) is 0.899. The van der Waals surface area contributed by atoms with Gasteiger partial charge in [0.15, 0.2) is 0 Å². The smallest absolute Gasteiger partial charge is 0.254 e. The monoisotopic (exact) mass is 342 g/mol. The second-order valence-corrected chi connectivity index (χ2v) is 6.32. The molecule has 0 fully saturated rings. The van der Waals surface area contributed by atoms with Gasteiger partial charge in [0.2, 0.25) is 5.91 Å². The number of carbonyl (C=O) groups excluding carboxylic acids is 2. The third-order valence-electron chi connectivity index (χ3n) is 4.01. The first-order valence-corrected chi connectivity index (χ1v) is 8.31. The molecule has 2 aromatic rings. The van der Waals surface area contributed by atoms with Gasteiger partial charge >= 0.3 is 0 Å². The predicted octanol–water partition coefficient (Wildman–Crippen LogP) is 3.46. The van der Waals surface area contributed by atoms with Crippen LogP contribution in [0.1, 0.15) is 42.7 Å². The summed E-state index contributed by atoms with van der Waals surface area (Å²) in [5, 5.41) is 5.54. The Morgan fingerprint density at radius 1 is 0.880 bits per heavy atom. The van der Waals surface area contributed by atoms with Crippen molar-refractivity contribution < 1.29 is 14.0 Å². The molecule has 0 aromatic heterocycles. The first kappa shape index (κ1) is 18.6. The molecule has 0 bridgehead atoms. The third-order valence-corrected chi connectivity index (χ3v) is 4.01. The number of nitrogens with one attached hydrogen (secondary N) is 2. The maximum Gasteiger partial charge on any atom is 0.254 e. The maximum atomic E-state index is 13.8. The van der Waals surface area contributed by atoms with Crippen molar-refractivity contribution in [2.24, 2.45) is 5.92 Å². The van der Waals surface area contributed by atoms with Crippen LogP contribution in [0.3, 0.4) is 0 Å². The molecular weight excluding hydrogens is 319 g/mol. The van der Waals surface area contributed by atoms with Gasteiger partial charge in [-0.25, -0.2) is 4.39 Å².